The lowest BCUT2D eigenvalue weighted by Gasteiger charge is -2.38. The number of hydrogen-bond donors (Lipinski definition) is 1. The molecule has 2 atom stereocenters. The van der Waals surface area contributed by atoms with Crippen molar-refractivity contribution < 1.29 is 4.79 Å². The number of nitrogens with one attached hydrogen (secondary N) is 1. The fourth-order valence-corrected chi connectivity index (χ4v) is 4.28. The highest BCUT2D eigenvalue weighted by molar-refractivity contribution is 5.96. The zero-order valence-electron chi connectivity index (χ0n) is 19.4. The Labute approximate surface area is 177 Å². The summed E-state index contributed by atoms with van der Waals surface area (Å²) < 4.78 is 0. The molecule has 0 saturated carbocycles. The van der Waals surface area contributed by atoms with Gasteiger partial charge in [-0.15, -0.1) is 0 Å². The molecule has 0 heterocycles. The molecular formula is C26H38N2O. The van der Waals surface area contributed by atoms with Crippen molar-refractivity contribution >= 4 is 11.6 Å². The minimum absolute atomic E-state index is 0.0151. The maximum Gasteiger partial charge on any atom is 0.254 e. The van der Waals surface area contributed by atoms with Gasteiger partial charge >= 0.3 is 0 Å². The van der Waals surface area contributed by atoms with Gasteiger partial charge in [0.2, 0.25) is 0 Å². The summed E-state index contributed by atoms with van der Waals surface area (Å²) in [4.78, 5) is 15.5. The molecule has 2 rings (SSSR count). The number of nitrogens with zero attached hydrogens (tertiary/aromatic N) is 1. The fraction of sp³-hybridized carbons (Fsp3) is 0.500. The predicted octanol–water partition coefficient (Wildman–Crippen LogP) is 6.58. The zero-order chi connectivity index (χ0) is 21.8. The van der Waals surface area contributed by atoms with Crippen LogP contribution in [0.15, 0.2) is 54.6 Å². The Bertz CT molecular complexity index is 782. The summed E-state index contributed by atoms with van der Waals surface area (Å²) in [6.45, 7) is 17.3. The molecule has 0 spiro atoms. The first-order valence-electron chi connectivity index (χ1n) is 10.8. The summed E-state index contributed by atoms with van der Waals surface area (Å²) in [7, 11) is 0. The third kappa shape index (κ3) is 5.62. The summed E-state index contributed by atoms with van der Waals surface area (Å²) in [6.07, 6.45) is 0. The molecule has 1 amide bonds. The molecule has 0 bridgehead atoms. The van der Waals surface area contributed by atoms with Crippen LogP contribution in [-0.2, 0) is 0 Å². The van der Waals surface area contributed by atoms with E-state index in [-0.39, 0.29) is 35.4 Å². The smallest absolute Gasteiger partial charge is 0.254 e. The first-order chi connectivity index (χ1) is 13.5. The van der Waals surface area contributed by atoms with Crippen molar-refractivity contribution in [2.24, 2.45) is 5.41 Å². The number of amides is 1. The molecule has 1 N–H and O–H groups in total. The predicted molar refractivity (Wildman–Crippen MR) is 125 cm³/mol. The summed E-state index contributed by atoms with van der Waals surface area (Å²) >= 11 is 0. The third-order valence-corrected chi connectivity index (χ3v) is 5.56. The van der Waals surface area contributed by atoms with Crippen molar-refractivity contribution in [3.63, 3.8) is 0 Å². The Kier molecular flexibility index (Phi) is 7.51. The number of carbonyl (C=O) groups is 1. The Morgan fingerprint density at radius 3 is 1.86 bits per heavy atom. The van der Waals surface area contributed by atoms with Crippen LogP contribution in [0.3, 0.4) is 0 Å². The molecule has 3 heteroatoms. The molecule has 3 nitrogen and oxygen atoms in total. The second-order valence-electron chi connectivity index (χ2n) is 9.63. The summed E-state index contributed by atoms with van der Waals surface area (Å²) in [5.74, 6) is 0.279. The normalized spacial score (nSPS) is 14.0. The van der Waals surface area contributed by atoms with Crippen molar-refractivity contribution in [1.29, 1.82) is 0 Å². The molecule has 158 valence electrons. The van der Waals surface area contributed by atoms with E-state index in [1.165, 1.54) is 0 Å². The molecule has 0 saturated heterocycles. The van der Waals surface area contributed by atoms with Gasteiger partial charge in [-0.05, 0) is 56.9 Å². The van der Waals surface area contributed by atoms with Crippen LogP contribution in [0.5, 0.6) is 0 Å². The van der Waals surface area contributed by atoms with E-state index in [9.17, 15) is 4.79 Å². The Hall–Kier alpha value is -2.29. The van der Waals surface area contributed by atoms with Crippen LogP contribution in [0, 0.1) is 5.41 Å². The van der Waals surface area contributed by atoms with Crippen molar-refractivity contribution in [3.8, 4) is 0 Å². The van der Waals surface area contributed by atoms with Crippen LogP contribution < -0.4 is 5.32 Å². The average molecular weight is 395 g/mol. The van der Waals surface area contributed by atoms with E-state index in [2.05, 4.69) is 78.9 Å². The van der Waals surface area contributed by atoms with E-state index in [1.807, 2.05) is 41.3 Å². The van der Waals surface area contributed by atoms with Gasteiger partial charge in [0, 0.05) is 35.3 Å². The fourth-order valence-electron chi connectivity index (χ4n) is 4.28. The van der Waals surface area contributed by atoms with Crippen LogP contribution >= 0.6 is 0 Å². The molecule has 0 fully saturated rings. The Morgan fingerprint density at radius 2 is 1.34 bits per heavy atom. The zero-order valence-corrected chi connectivity index (χ0v) is 19.4. The van der Waals surface area contributed by atoms with Crippen molar-refractivity contribution in [3.05, 3.63) is 65.7 Å². The number of anilines is 1. The highest BCUT2D eigenvalue weighted by Crippen LogP contribution is 2.36. The van der Waals surface area contributed by atoms with Gasteiger partial charge in [-0.25, -0.2) is 0 Å². The molecule has 0 aliphatic rings. The van der Waals surface area contributed by atoms with E-state index >= 15 is 0 Å². The Balaban J connectivity index is 2.45. The van der Waals surface area contributed by atoms with Gasteiger partial charge in [0.15, 0.2) is 0 Å². The van der Waals surface area contributed by atoms with Crippen LogP contribution in [0.25, 0.3) is 0 Å². The molecule has 0 aliphatic heterocycles. The van der Waals surface area contributed by atoms with Crippen LogP contribution in [0.4, 0.5) is 5.69 Å². The summed E-state index contributed by atoms with van der Waals surface area (Å²) in [5, 5.41) is 3.73. The highest BCUT2D eigenvalue weighted by atomic mass is 16.2. The van der Waals surface area contributed by atoms with Gasteiger partial charge in [0.1, 0.15) is 0 Å². The lowest BCUT2D eigenvalue weighted by atomic mass is 9.75. The molecule has 2 aromatic rings. The van der Waals surface area contributed by atoms with Gasteiger partial charge in [-0.3, -0.25) is 4.79 Å². The third-order valence-electron chi connectivity index (χ3n) is 5.56. The monoisotopic (exact) mass is 394 g/mol. The van der Waals surface area contributed by atoms with E-state index in [0.29, 0.717) is 0 Å². The van der Waals surface area contributed by atoms with E-state index < -0.39 is 0 Å². The topological polar surface area (TPSA) is 32.3 Å². The summed E-state index contributed by atoms with van der Waals surface area (Å²) in [6, 6.07) is 18.9. The number of carbonyl (C=O) groups excluding carboxylic acids is 1. The maximum absolute atomic E-state index is 13.5. The van der Waals surface area contributed by atoms with Crippen LogP contribution in [-0.4, -0.2) is 28.9 Å². The van der Waals surface area contributed by atoms with Gasteiger partial charge in [0.05, 0.1) is 0 Å². The second kappa shape index (κ2) is 9.47. The maximum atomic E-state index is 13.5. The van der Waals surface area contributed by atoms with Crippen LogP contribution in [0.1, 0.15) is 77.2 Å². The molecular weight excluding hydrogens is 356 g/mol. The minimum atomic E-state index is 0.0151. The van der Waals surface area contributed by atoms with E-state index in [0.717, 1.165) is 16.8 Å². The highest BCUT2D eigenvalue weighted by Gasteiger charge is 2.33. The van der Waals surface area contributed by atoms with E-state index in [4.69, 9.17) is 0 Å². The number of hydrogen-bond acceptors (Lipinski definition) is 2. The van der Waals surface area contributed by atoms with Crippen molar-refractivity contribution in [2.45, 2.75) is 79.4 Å². The molecule has 29 heavy (non-hydrogen) atoms. The van der Waals surface area contributed by atoms with Gasteiger partial charge in [0.25, 0.3) is 5.91 Å². The molecule has 0 aromatic heterocycles. The number of rotatable bonds is 7. The van der Waals surface area contributed by atoms with Gasteiger partial charge in [-0.2, -0.15) is 0 Å². The van der Waals surface area contributed by atoms with E-state index in [1.54, 1.807) is 0 Å². The molecule has 0 unspecified atom stereocenters. The SMILES string of the molecule is CC(C)N(C(=O)c1ccccc1[C@@H](C)[C@@H](Nc1ccccc1)C(C)(C)C)C(C)C. The lowest BCUT2D eigenvalue weighted by Crippen LogP contribution is -2.43. The summed E-state index contributed by atoms with van der Waals surface area (Å²) in [5.41, 5.74) is 3.04. The number of benzene rings is 2. The van der Waals surface area contributed by atoms with Crippen LogP contribution in [0.2, 0.25) is 0 Å². The molecule has 0 aliphatic carbocycles. The first kappa shape index (κ1) is 23.0. The second-order valence-corrected chi connectivity index (χ2v) is 9.63. The lowest BCUT2D eigenvalue weighted by molar-refractivity contribution is 0.0641. The molecule has 2 aromatic carbocycles. The number of para-hydroxylation sites is 1. The Morgan fingerprint density at radius 1 is 0.828 bits per heavy atom. The van der Waals surface area contributed by atoms with Crippen molar-refractivity contribution in [1.82, 2.24) is 4.90 Å². The standard InChI is InChI=1S/C26H38N2O/c1-18(2)28(19(3)4)25(29)23-17-13-12-16-22(23)20(5)24(26(6,7)8)27-21-14-10-9-11-15-21/h9-20,24,27H,1-8H3/t20-,24-/m1/s1. The van der Waals surface area contributed by atoms with Gasteiger partial charge < -0.3 is 10.2 Å². The first-order valence-corrected chi connectivity index (χ1v) is 10.8. The quantitative estimate of drug-likeness (QED) is 0.575. The van der Waals surface area contributed by atoms with Gasteiger partial charge in [-0.1, -0.05) is 64.1 Å². The molecule has 0 radical (unpaired) electrons. The van der Waals surface area contributed by atoms with Crippen molar-refractivity contribution in [2.75, 3.05) is 5.32 Å². The minimum Gasteiger partial charge on any atom is -0.381 e. The average Bonchev–Trinajstić information content (AvgIpc) is 2.65. The largest absolute Gasteiger partial charge is 0.381 e.